The van der Waals surface area contributed by atoms with Gasteiger partial charge < -0.3 is 9.88 Å². The van der Waals surface area contributed by atoms with Gasteiger partial charge in [-0.2, -0.15) is 5.10 Å². The summed E-state index contributed by atoms with van der Waals surface area (Å²) in [5, 5.41) is 4.30. The van der Waals surface area contributed by atoms with Crippen molar-refractivity contribution in [3.8, 4) is 0 Å². The molecule has 1 aliphatic carbocycles. The largest absolute Gasteiger partial charge is 0.359 e. The number of amides is 1. The summed E-state index contributed by atoms with van der Waals surface area (Å²) < 4.78 is 0. The first-order valence-corrected chi connectivity index (χ1v) is 11.6. The van der Waals surface area contributed by atoms with Crippen LogP contribution in [0.1, 0.15) is 87.2 Å². The van der Waals surface area contributed by atoms with Gasteiger partial charge in [-0.1, -0.05) is 20.3 Å². The average molecular weight is 397 g/mol. The lowest BCUT2D eigenvalue weighted by Crippen LogP contribution is -2.30. The van der Waals surface area contributed by atoms with Crippen molar-refractivity contribution in [1.82, 2.24) is 15.3 Å². The number of aromatic amines is 1. The number of unbranched alkanes of at least 4 members (excludes halogenated alkanes) is 1. The number of carbonyl (C=O) groups excluding carboxylic acids is 1. The second-order valence-corrected chi connectivity index (χ2v) is 9.34. The van der Waals surface area contributed by atoms with E-state index in [0.29, 0.717) is 11.8 Å². The van der Waals surface area contributed by atoms with E-state index in [9.17, 15) is 4.79 Å². The van der Waals surface area contributed by atoms with Crippen LogP contribution in [0.4, 0.5) is 0 Å². The fraction of sp³-hybridized carbons (Fsp3) is 0.667. The maximum Gasteiger partial charge on any atom is 0.273 e. The topological polar surface area (TPSA) is 60.5 Å². The van der Waals surface area contributed by atoms with E-state index in [4.69, 9.17) is 0 Å². The highest BCUT2D eigenvalue weighted by Crippen LogP contribution is 2.36. The molecule has 2 N–H and O–H groups in total. The van der Waals surface area contributed by atoms with Crippen LogP contribution >= 0.6 is 0 Å². The highest BCUT2D eigenvalue weighted by atomic mass is 16.2. The molecule has 158 valence electrons. The lowest BCUT2D eigenvalue weighted by Gasteiger charge is -2.26. The van der Waals surface area contributed by atoms with Gasteiger partial charge >= 0.3 is 0 Å². The van der Waals surface area contributed by atoms with E-state index in [-0.39, 0.29) is 5.91 Å². The van der Waals surface area contributed by atoms with Crippen LogP contribution in [-0.2, 0) is 11.2 Å². The molecule has 5 nitrogen and oxygen atoms in total. The molecule has 3 heterocycles. The van der Waals surface area contributed by atoms with Crippen LogP contribution in [0.15, 0.2) is 10.7 Å². The minimum atomic E-state index is -0.0584. The number of piperidine rings is 1. The Morgan fingerprint density at radius 2 is 1.93 bits per heavy atom. The number of likely N-dealkylation sites (tertiary alicyclic amines) is 1. The van der Waals surface area contributed by atoms with Crippen molar-refractivity contribution in [1.29, 1.82) is 0 Å². The summed E-state index contributed by atoms with van der Waals surface area (Å²) >= 11 is 0. The number of hydrazone groups is 1. The Balaban J connectivity index is 1.47. The number of rotatable bonds is 8. The van der Waals surface area contributed by atoms with Gasteiger partial charge in [0.05, 0.1) is 11.3 Å². The molecule has 2 fully saturated rings. The van der Waals surface area contributed by atoms with E-state index < -0.39 is 0 Å². The SMILES string of the molecule is Cc1[nH]c(/C=C2/C(=O)NN=C2C2CC2)c(C(C)C)c1CCCCN1CCCCC1. The van der Waals surface area contributed by atoms with Crippen LogP contribution in [0, 0.1) is 12.8 Å². The molecule has 0 spiro atoms. The van der Waals surface area contributed by atoms with Crippen molar-refractivity contribution in [2.45, 2.75) is 78.1 Å². The molecule has 2 aliphatic heterocycles. The van der Waals surface area contributed by atoms with Gasteiger partial charge in [0.15, 0.2) is 0 Å². The Labute approximate surface area is 175 Å². The van der Waals surface area contributed by atoms with Gasteiger partial charge in [-0.25, -0.2) is 5.43 Å². The summed E-state index contributed by atoms with van der Waals surface area (Å²) in [5.41, 5.74) is 9.56. The predicted octanol–water partition coefficient (Wildman–Crippen LogP) is 4.53. The van der Waals surface area contributed by atoms with E-state index >= 15 is 0 Å². The minimum absolute atomic E-state index is 0.0584. The molecule has 0 unspecified atom stereocenters. The minimum Gasteiger partial charge on any atom is -0.359 e. The number of aromatic nitrogens is 1. The Hall–Kier alpha value is -1.88. The molecule has 0 aromatic carbocycles. The number of carbonyl (C=O) groups is 1. The van der Waals surface area contributed by atoms with E-state index in [0.717, 1.165) is 36.2 Å². The average Bonchev–Trinajstić information content (AvgIpc) is 3.41. The molecule has 1 aromatic heterocycles. The van der Waals surface area contributed by atoms with Crippen molar-refractivity contribution in [3.05, 3.63) is 28.1 Å². The molecular formula is C24H36N4O. The van der Waals surface area contributed by atoms with Crippen LogP contribution in [-0.4, -0.2) is 41.1 Å². The normalized spacial score (nSPS) is 21.9. The van der Waals surface area contributed by atoms with E-state index in [1.165, 1.54) is 68.6 Å². The number of hydrogen-bond donors (Lipinski definition) is 2. The van der Waals surface area contributed by atoms with Crippen molar-refractivity contribution >= 4 is 17.7 Å². The van der Waals surface area contributed by atoms with Gasteiger partial charge in [0.2, 0.25) is 0 Å². The van der Waals surface area contributed by atoms with Crippen molar-refractivity contribution < 1.29 is 4.79 Å². The van der Waals surface area contributed by atoms with Gasteiger partial charge in [0.1, 0.15) is 0 Å². The first-order valence-electron chi connectivity index (χ1n) is 11.6. The number of aryl methyl sites for hydroxylation is 1. The lowest BCUT2D eigenvalue weighted by atomic mass is 9.93. The highest BCUT2D eigenvalue weighted by molar-refractivity contribution is 6.28. The summed E-state index contributed by atoms with van der Waals surface area (Å²) in [7, 11) is 0. The van der Waals surface area contributed by atoms with Gasteiger partial charge in [-0.15, -0.1) is 0 Å². The van der Waals surface area contributed by atoms with Crippen LogP contribution in [0.5, 0.6) is 0 Å². The Bertz CT molecular complexity index is 807. The number of hydrogen-bond acceptors (Lipinski definition) is 3. The molecule has 0 atom stereocenters. The van der Waals surface area contributed by atoms with Gasteiger partial charge in [-0.05, 0) is 94.6 Å². The molecule has 3 aliphatic rings. The van der Waals surface area contributed by atoms with Gasteiger partial charge in [0, 0.05) is 17.3 Å². The quantitative estimate of drug-likeness (QED) is 0.501. The van der Waals surface area contributed by atoms with Crippen molar-refractivity contribution in [2.75, 3.05) is 19.6 Å². The van der Waals surface area contributed by atoms with Crippen LogP contribution < -0.4 is 5.43 Å². The summed E-state index contributed by atoms with van der Waals surface area (Å²) in [5.74, 6) is 0.833. The molecule has 29 heavy (non-hydrogen) atoms. The molecule has 0 bridgehead atoms. The summed E-state index contributed by atoms with van der Waals surface area (Å²) in [6.07, 6.45) is 12.1. The monoisotopic (exact) mass is 396 g/mol. The first kappa shape index (κ1) is 20.4. The third kappa shape index (κ3) is 4.66. The van der Waals surface area contributed by atoms with Crippen LogP contribution in [0.25, 0.3) is 6.08 Å². The van der Waals surface area contributed by atoms with E-state index in [1.54, 1.807) is 0 Å². The number of H-pyrrole nitrogens is 1. The summed E-state index contributed by atoms with van der Waals surface area (Å²) in [6, 6.07) is 0. The number of nitrogens with zero attached hydrogens (tertiary/aromatic N) is 2. The van der Waals surface area contributed by atoms with Crippen molar-refractivity contribution in [2.24, 2.45) is 11.0 Å². The Morgan fingerprint density at radius 1 is 1.17 bits per heavy atom. The Morgan fingerprint density at radius 3 is 2.62 bits per heavy atom. The smallest absolute Gasteiger partial charge is 0.273 e. The fourth-order valence-corrected chi connectivity index (χ4v) is 4.92. The van der Waals surface area contributed by atoms with Crippen molar-refractivity contribution in [3.63, 3.8) is 0 Å². The Kier molecular flexibility index (Phi) is 6.23. The molecule has 1 saturated carbocycles. The zero-order valence-electron chi connectivity index (χ0n) is 18.3. The number of nitrogens with one attached hydrogen (secondary N) is 2. The molecule has 1 aromatic rings. The zero-order chi connectivity index (χ0) is 20.4. The summed E-state index contributed by atoms with van der Waals surface area (Å²) in [4.78, 5) is 18.6. The zero-order valence-corrected chi connectivity index (χ0v) is 18.3. The molecule has 5 heteroatoms. The first-order chi connectivity index (χ1) is 14.0. The second kappa shape index (κ2) is 8.86. The third-order valence-electron chi connectivity index (χ3n) is 6.62. The van der Waals surface area contributed by atoms with E-state index in [1.807, 2.05) is 0 Å². The fourth-order valence-electron chi connectivity index (χ4n) is 4.92. The van der Waals surface area contributed by atoms with Crippen LogP contribution in [0.3, 0.4) is 0 Å². The molecular weight excluding hydrogens is 360 g/mol. The summed E-state index contributed by atoms with van der Waals surface area (Å²) in [6.45, 7) is 10.5. The predicted molar refractivity (Wildman–Crippen MR) is 119 cm³/mol. The molecule has 1 amide bonds. The van der Waals surface area contributed by atoms with Gasteiger partial charge in [0.25, 0.3) is 5.91 Å². The van der Waals surface area contributed by atoms with E-state index in [2.05, 4.69) is 47.3 Å². The second-order valence-electron chi connectivity index (χ2n) is 9.34. The highest BCUT2D eigenvalue weighted by Gasteiger charge is 2.36. The standard InChI is InChI=1S/C24H36N4O/c1-16(2)22-19(9-5-8-14-28-12-6-4-7-13-28)17(3)25-21(22)15-20-23(18-10-11-18)26-27-24(20)29/h15-16,18,25H,4-14H2,1-3H3,(H,27,29)/b20-15+. The molecule has 1 saturated heterocycles. The third-order valence-corrected chi connectivity index (χ3v) is 6.62. The van der Waals surface area contributed by atoms with Crippen LogP contribution in [0.2, 0.25) is 0 Å². The molecule has 0 radical (unpaired) electrons. The van der Waals surface area contributed by atoms with Gasteiger partial charge in [-0.3, -0.25) is 4.79 Å². The lowest BCUT2D eigenvalue weighted by molar-refractivity contribution is -0.116. The molecule has 4 rings (SSSR count). The maximum atomic E-state index is 12.3. The maximum absolute atomic E-state index is 12.3.